The average molecular weight is 228 g/mol. The van der Waals surface area contributed by atoms with Gasteiger partial charge in [0.05, 0.1) is 12.8 Å². The predicted molar refractivity (Wildman–Crippen MR) is 52.0 cm³/mol. The van der Waals surface area contributed by atoms with E-state index in [9.17, 15) is 9.59 Å². The van der Waals surface area contributed by atoms with E-state index in [1.807, 2.05) is 0 Å². The third-order valence-corrected chi connectivity index (χ3v) is 1.89. The zero-order valence-corrected chi connectivity index (χ0v) is 8.89. The maximum absolute atomic E-state index is 11.6. The lowest BCUT2D eigenvalue weighted by Gasteiger charge is -2.12. The van der Waals surface area contributed by atoms with Gasteiger partial charge in [-0.25, -0.2) is 4.79 Å². The van der Waals surface area contributed by atoms with Crippen LogP contribution in [0.2, 0.25) is 0 Å². The van der Waals surface area contributed by atoms with E-state index in [1.54, 1.807) is 6.92 Å². The summed E-state index contributed by atoms with van der Waals surface area (Å²) in [7, 11) is 1.35. The Kier molecular flexibility index (Phi) is 4.01. The predicted octanol–water partition coefficient (Wildman–Crippen LogP) is -0.188. The highest BCUT2D eigenvalue weighted by Crippen LogP contribution is 2.05. The van der Waals surface area contributed by atoms with Gasteiger partial charge in [-0.15, -0.1) is 0 Å². The van der Waals surface area contributed by atoms with Crippen molar-refractivity contribution in [2.75, 3.05) is 13.7 Å². The first kappa shape index (κ1) is 12.2. The lowest BCUT2D eigenvalue weighted by molar-refractivity contribution is -0.140. The topological polar surface area (TPSA) is 102 Å². The molecule has 0 aliphatic carbocycles. The fraction of sp³-hybridized carbons (Fsp3) is 0.444. The fourth-order valence-corrected chi connectivity index (χ4v) is 1.07. The average Bonchev–Trinajstić information content (AvgIpc) is 2.63. The number of amides is 1. The van der Waals surface area contributed by atoms with Gasteiger partial charge in [0, 0.05) is 12.7 Å². The molecule has 1 atom stereocenters. The molecule has 1 rings (SSSR count). The van der Waals surface area contributed by atoms with Crippen molar-refractivity contribution in [1.82, 2.24) is 10.5 Å². The van der Waals surface area contributed by atoms with Crippen molar-refractivity contribution < 1.29 is 24.0 Å². The second-order valence-corrected chi connectivity index (χ2v) is 3.16. The Labute approximate surface area is 91.4 Å². The third-order valence-electron chi connectivity index (χ3n) is 1.89. The van der Waals surface area contributed by atoms with E-state index < -0.39 is 17.9 Å². The van der Waals surface area contributed by atoms with E-state index in [0.717, 1.165) is 0 Å². The Morgan fingerprint density at radius 1 is 1.69 bits per heavy atom. The van der Waals surface area contributed by atoms with Crippen LogP contribution in [0.15, 0.2) is 10.7 Å². The molecule has 0 saturated heterocycles. The monoisotopic (exact) mass is 228 g/mol. The molecule has 88 valence electrons. The number of nitrogens with one attached hydrogen (secondary N) is 1. The Balaban J connectivity index is 2.69. The van der Waals surface area contributed by atoms with Gasteiger partial charge in [-0.2, -0.15) is 0 Å². The molecule has 0 aromatic carbocycles. The highest BCUT2D eigenvalue weighted by molar-refractivity contribution is 5.95. The minimum Gasteiger partial charge on any atom is -0.480 e. The lowest BCUT2D eigenvalue weighted by Crippen LogP contribution is -2.43. The fourth-order valence-electron chi connectivity index (χ4n) is 1.07. The molecule has 7 heteroatoms. The maximum Gasteiger partial charge on any atom is 0.328 e. The molecule has 0 radical (unpaired) electrons. The number of hydrogen-bond donors (Lipinski definition) is 2. The zero-order chi connectivity index (χ0) is 12.1. The number of carboxylic acids is 1. The van der Waals surface area contributed by atoms with E-state index in [2.05, 4.69) is 19.7 Å². The number of nitrogens with zero attached hydrogens (tertiary/aromatic N) is 1. The highest BCUT2D eigenvalue weighted by atomic mass is 16.5. The number of hydrogen-bond acceptors (Lipinski definition) is 5. The molecule has 1 heterocycles. The number of aryl methyl sites for hydroxylation is 1. The van der Waals surface area contributed by atoms with Crippen LogP contribution >= 0.6 is 0 Å². The number of carboxylic acid groups (broad SMARTS) is 1. The SMILES string of the molecule is COCC(NC(=O)c1oncc1C)C(=O)O. The van der Waals surface area contributed by atoms with Gasteiger partial charge in [0.25, 0.3) is 5.91 Å². The molecule has 0 bridgehead atoms. The van der Waals surface area contributed by atoms with Crippen molar-refractivity contribution in [3.05, 3.63) is 17.5 Å². The Bertz CT molecular complexity index is 387. The number of aromatic nitrogens is 1. The number of methoxy groups -OCH3 is 1. The molecule has 1 amide bonds. The molecule has 16 heavy (non-hydrogen) atoms. The van der Waals surface area contributed by atoms with Crippen LogP contribution in [-0.4, -0.2) is 41.9 Å². The van der Waals surface area contributed by atoms with Gasteiger partial charge in [0.2, 0.25) is 5.76 Å². The van der Waals surface area contributed by atoms with E-state index in [-0.39, 0.29) is 12.4 Å². The molecule has 0 spiro atoms. The Morgan fingerprint density at radius 3 is 2.81 bits per heavy atom. The second-order valence-electron chi connectivity index (χ2n) is 3.16. The van der Waals surface area contributed by atoms with Crippen LogP contribution < -0.4 is 5.32 Å². The van der Waals surface area contributed by atoms with Crippen LogP contribution in [0, 0.1) is 6.92 Å². The van der Waals surface area contributed by atoms with Crippen molar-refractivity contribution in [2.24, 2.45) is 0 Å². The number of aliphatic carboxylic acids is 1. The molecular formula is C9H12N2O5. The van der Waals surface area contributed by atoms with Gasteiger partial charge in [-0.3, -0.25) is 4.79 Å². The summed E-state index contributed by atoms with van der Waals surface area (Å²) in [5.74, 6) is -1.80. The van der Waals surface area contributed by atoms with E-state index >= 15 is 0 Å². The molecule has 1 unspecified atom stereocenters. The quantitative estimate of drug-likeness (QED) is 0.724. The summed E-state index contributed by atoms with van der Waals surface area (Å²) in [5, 5.41) is 14.5. The minimum atomic E-state index is -1.17. The molecule has 1 aromatic heterocycles. The van der Waals surface area contributed by atoms with E-state index in [1.165, 1.54) is 13.3 Å². The largest absolute Gasteiger partial charge is 0.480 e. The van der Waals surface area contributed by atoms with Crippen LogP contribution in [0.25, 0.3) is 0 Å². The summed E-state index contributed by atoms with van der Waals surface area (Å²) in [6.45, 7) is 1.52. The van der Waals surface area contributed by atoms with Crippen molar-refractivity contribution in [1.29, 1.82) is 0 Å². The number of carbonyl (C=O) groups is 2. The number of carbonyl (C=O) groups excluding carboxylic acids is 1. The van der Waals surface area contributed by atoms with Gasteiger partial charge in [0.15, 0.2) is 6.04 Å². The van der Waals surface area contributed by atoms with Crippen LogP contribution in [0.5, 0.6) is 0 Å². The molecule has 2 N–H and O–H groups in total. The summed E-state index contributed by atoms with van der Waals surface area (Å²) in [4.78, 5) is 22.3. The van der Waals surface area contributed by atoms with Crippen LogP contribution in [-0.2, 0) is 9.53 Å². The summed E-state index contributed by atoms with van der Waals surface area (Å²) in [6.07, 6.45) is 1.38. The molecule has 0 aliphatic heterocycles. The van der Waals surface area contributed by atoms with Crippen molar-refractivity contribution in [3.8, 4) is 0 Å². The van der Waals surface area contributed by atoms with Crippen LogP contribution in [0.3, 0.4) is 0 Å². The van der Waals surface area contributed by atoms with Gasteiger partial charge in [-0.05, 0) is 6.92 Å². The molecule has 0 saturated carbocycles. The summed E-state index contributed by atoms with van der Waals surface area (Å²) >= 11 is 0. The summed E-state index contributed by atoms with van der Waals surface area (Å²) in [6, 6.07) is -1.11. The van der Waals surface area contributed by atoms with Crippen molar-refractivity contribution in [2.45, 2.75) is 13.0 Å². The lowest BCUT2D eigenvalue weighted by atomic mass is 10.2. The van der Waals surface area contributed by atoms with Gasteiger partial charge in [-0.1, -0.05) is 5.16 Å². The van der Waals surface area contributed by atoms with E-state index in [0.29, 0.717) is 5.56 Å². The molecular weight excluding hydrogens is 216 g/mol. The van der Waals surface area contributed by atoms with Crippen LogP contribution in [0.1, 0.15) is 16.1 Å². The van der Waals surface area contributed by atoms with Crippen molar-refractivity contribution >= 4 is 11.9 Å². The number of rotatable bonds is 5. The highest BCUT2D eigenvalue weighted by Gasteiger charge is 2.23. The molecule has 0 fully saturated rings. The summed E-state index contributed by atoms with van der Waals surface area (Å²) in [5.41, 5.74) is 0.541. The zero-order valence-electron chi connectivity index (χ0n) is 8.89. The van der Waals surface area contributed by atoms with Gasteiger partial charge in [0.1, 0.15) is 0 Å². The third kappa shape index (κ3) is 2.80. The molecule has 7 nitrogen and oxygen atoms in total. The normalized spacial score (nSPS) is 12.1. The smallest absolute Gasteiger partial charge is 0.328 e. The summed E-state index contributed by atoms with van der Waals surface area (Å²) < 4.78 is 9.36. The Hall–Kier alpha value is -1.89. The standard InChI is InChI=1S/C9H12N2O5/c1-5-3-10-16-7(5)8(12)11-6(4-15-2)9(13)14/h3,6H,4H2,1-2H3,(H,11,12)(H,13,14). The van der Waals surface area contributed by atoms with Crippen LogP contribution in [0.4, 0.5) is 0 Å². The first-order valence-corrected chi connectivity index (χ1v) is 4.50. The molecule has 0 aliphatic rings. The minimum absolute atomic E-state index is 0.00218. The van der Waals surface area contributed by atoms with Gasteiger partial charge >= 0.3 is 5.97 Å². The number of ether oxygens (including phenoxy) is 1. The molecule has 1 aromatic rings. The maximum atomic E-state index is 11.6. The first-order chi connectivity index (χ1) is 7.56. The Morgan fingerprint density at radius 2 is 2.38 bits per heavy atom. The van der Waals surface area contributed by atoms with E-state index in [4.69, 9.17) is 5.11 Å². The first-order valence-electron chi connectivity index (χ1n) is 4.50. The van der Waals surface area contributed by atoms with Crippen molar-refractivity contribution in [3.63, 3.8) is 0 Å². The second kappa shape index (κ2) is 5.26. The van der Waals surface area contributed by atoms with Gasteiger partial charge < -0.3 is 19.7 Å².